The van der Waals surface area contributed by atoms with Crippen LogP contribution in [0.15, 0.2) is 28.6 Å². The summed E-state index contributed by atoms with van der Waals surface area (Å²) in [7, 11) is 4.72. The Hall–Kier alpha value is -2.68. The molecule has 0 radical (unpaired) electrons. The Kier molecular flexibility index (Phi) is 4.92. The minimum atomic E-state index is -0.402. The third-order valence-electron chi connectivity index (χ3n) is 5.03. The number of benzene rings is 1. The maximum atomic E-state index is 12.9. The maximum Gasteiger partial charge on any atom is 0.227 e. The zero-order valence-electron chi connectivity index (χ0n) is 16.2. The summed E-state index contributed by atoms with van der Waals surface area (Å²) in [4.78, 5) is 17.4. The molecule has 0 fully saturated rings. The standard InChI is InChI=1S/C19H22N4O4S/c1-25-13-8-10(9-14(26-2)17(13)27-3)16-15-11(6-5-7-12(15)24)20-18-21-19(28-4)22-23(16)18/h8-9,16H,5-7H2,1-4H3,(H,20,21,22)/t16-/m0/s1. The van der Waals surface area contributed by atoms with Gasteiger partial charge in [0.05, 0.1) is 21.3 Å². The molecule has 0 saturated heterocycles. The molecule has 1 aliphatic carbocycles. The van der Waals surface area contributed by atoms with Gasteiger partial charge in [-0.15, -0.1) is 5.10 Å². The lowest BCUT2D eigenvalue weighted by Crippen LogP contribution is -2.31. The van der Waals surface area contributed by atoms with Crippen LogP contribution in [0.4, 0.5) is 5.95 Å². The highest BCUT2D eigenvalue weighted by Crippen LogP contribution is 2.45. The highest BCUT2D eigenvalue weighted by molar-refractivity contribution is 7.98. The molecular formula is C19H22N4O4S. The van der Waals surface area contributed by atoms with Crippen molar-refractivity contribution in [2.75, 3.05) is 32.9 Å². The van der Waals surface area contributed by atoms with Gasteiger partial charge >= 0.3 is 0 Å². The summed E-state index contributed by atoms with van der Waals surface area (Å²) in [6.45, 7) is 0. The molecule has 1 N–H and O–H groups in total. The molecule has 1 aliphatic heterocycles. The zero-order chi connectivity index (χ0) is 19.8. The Morgan fingerprint density at radius 2 is 1.86 bits per heavy atom. The van der Waals surface area contributed by atoms with Crippen LogP contribution in [0.25, 0.3) is 0 Å². The van der Waals surface area contributed by atoms with Crippen LogP contribution in [0.1, 0.15) is 30.9 Å². The van der Waals surface area contributed by atoms with Crippen molar-refractivity contribution in [2.45, 2.75) is 30.5 Å². The highest BCUT2D eigenvalue weighted by atomic mass is 32.2. The number of nitrogens with one attached hydrogen (secondary N) is 1. The quantitative estimate of drug-likeness (QED) is 0.764. The van der Waals surface area contributed by atoms with Crippen LogP contribution in [0, 0.1) is 0 Å². The van der Waals surface area contributed by atoms with E-state index in [2.05, 4.69) is 15.4 Å². The van der Waals surface area contributed by atoms with E-state index in [1.165, 1.54) is 11.8 Å². The van der Waals surface area contributed by atoms with Crippen LogP contribution in [-0.4, -0.2) is 48.1 Å². The first-order valence-electron chi connectivity index (χ1n) is 8.95. The van der Waals surface area contributed by atoms with Crippen molar-refractivity contribution in [1.29, 1.82) is 0 Å². The van der Waals surface area contributed by atoms with Gasteiger partial charge in [0.2, 0.25) is 16.9 Å². The fourth-order valence-corrected chi connectivity index (χ4v) is 4.14. The van der Waals surface area contributed by atoms with Gasteiger partial charge in [-0.25, -0.2) is 4.68 Å². The normalized spacial score (nSPS) is 18.3. The molecule has 2 heterocycles. The molecule has 0 unspecified atom stereocenters. The number of thioether (sulfide) groups is 1. The topological polar surface area (TPSA) is 87.5 Å². The number of ketones is 1. The van der Waals surface area contributed by atoms with Crippen LogP contribution < -0.4 is 19.5 Å². The van der Waals surface area contributed by atoms with E-state index >= 15 is 0 Å². The van der Waals surface area contributed by atoms with Gasteiger partial charge in [0.1, 0.15) is 6.04 Å². The number of nitrogens with zero attached hydrogens (tertiary/aromatic N) is 3. The maximum absolute atomic E-state index is 12.9. The van der Waals surface area contributed by atoms with E-state index in [4.69, 9.17) is 14.2 Å². The summed E-state index contributed by atoms with van der Waals surface area (Å²) in [5.41, 5.74) is 2.48. The zero-order valence-corrected chi connectivity index (χ0v) is 17.1. The first kappa shape index (κ1) is 18.7. The number of anilines is 1. The number of ether oxygens (including phenoxy) is 3. The summed E-state index contributed by atoms with van der Waals surface area (Å²) in [6.07, 6.45) is 4.09. The van der Waals surface area contributed by atoms with E-state index in [1.807, 2.05) is 18.4 Å². The minimum Gasteiger partial charge on any atom is -0.493 e. The van der Waals surface area contributed by atoms with Gasteiger partial charge in [-0.3, -0.25) is 4.79 Å². The van der Waals surface area contributed by atoms with Gasteiger partial charge in [0, 0.05) is 17.7 Å². The van der Waals surface area contributed by atoms with E-state index in [1.54, 1.807) is 26.0 Å². The highest BCUT2D eigenvalue weighted by Gasteiger charge is 2.37. The van der Waals surface area contributed by atoms with Crippen molar-refractivity contribution < 1.29 is 19.0 Å². The number of Topliss-reactive ketones (excluding diaryl/α,β-unsaturated/α-hetero) is 1. The monoisotopic (exact) mass is 402 g/mol. The molecule has 2 aliphatic rings. The molecule has 28 heavy (non-hydrogen) atoms. The van der Waals surface area contributed by atoms with Crippen molar-refractivity contribution in [3.63, 3.8) is 0 Å². The Bertz CT molecular complexity index is 944. The number of hydrogen-bond acceptors (Lipinski definition) is 8. The van der Waals surface area contributed by atoms with Gasteiger partial charge in [-0.2, -0.15) is 4.98 Å². The molecule has 1 aromatic heterocycles. The summed E-state index contributed by atoms with van der Waals surface area (Å²) in [5, 5.41) is 8.57. The summed E-state index contributed by atoms with van der Waals surface area (Å²) in [6, 6.07) is 3.34. The minimum absolute atomic E-state index is 0.124. The van der Waals surface area contributed by atoms with E-state index in [-0.39, 0.29) is 5.78 Å². The van der Waals surface area contributed by atoms with Crippen LogP contribution in [-0.2, 0) is 4.79 Å². The Morgan fingerprint density at radius 1 is 1.14 bits per heavy atom. The summed E-state index contributed by atoms with van der Waals surface area (Å²) >= 11 is 1.46. The number of fused-ring (bicyclic) bond motifs is 1. The second kappa shape index (κ2) is 7.38. The van der Waals surface area contributed by atoms with E-state index < -0.39 is 6.04 Å². The lowest BCUT2D eigenvalue weighted by molar-refractivity contribution is -0.116. The molecule has 9 heteroatoms. The van der Waals surface area contributed by atoms with Crippen LogP contribution in [0.3, 0.4) is 0 Å². The second-order valence-electron chi connectivity index (χ2n) is 6.52. The van der Waals surface area contributed by atoms with Crippen molar-refractivity contribution >= 4 is 23.5 Å². The molecule has 148 valence electrons. The predicted molar refractivity (Wildman–Crippen MR) is 106 cm³/mol. The molecule has 8 nitrogen and oxygen atoms in total. The number of hydrogen-bond donors (Lipinski definition) is 1. The average Bonchev–Trinajstić information content (AvgIpc) is 3.14. The smallest absolute Gasteiger partial charge is 0.227 e. The molecule has 1 aromatic carbocycles. The Morgan fingerprint density at radius 3 is 2.46 bits per heavy atom. The Labute approximate surface area is 167 Å². The number of rotatable bonds is 5. The van der Waals surface area contributed by atoms with Crippen molar-refractivity contribution in [1.82, 2.24) is 14.8 Å². The molecule has 0 amide bonds. The van der Waals surface area contributed by atoms with E-state index in [0.29, 0.717) is 34.8 Å². The number of methoxy groups -OCH3 is 3. The van der Waals surface area contributed by atoms with Gasteiger partial charge in [-0.05, 0) is 36.8 Å². The number of aromatic nitrogens is 3. The van der Waals surface area contributed by atoms with E-state index in [9.17, 15) is 4.79 Å². The van der Waals surface area contributed by atoms with Gasteiger partial charge < -0.3 is 19.5 Å². The first-order chi connectivity index (χ1) is 13.6. The largest absolute Gasteiger partial charge is 0.493 e. The van der Waals surface area contributed by atoms with Crippen LogP contribution in [0.2, 0.25) is 0 Å². The third kappa shape index (κ3) is 2.90. The molecule has 0 bridgehead atoms. The summed E-state index contributed by atoms with van der Waals surface area (Å²) < 4.78 is 18.2. The molecule has 2 aromatic rings. The van der Waals surface area contributed by atoms with Gasteiger partial charge in [-0.1, -0.05) is 11.8 Å². The van der Waals surface area contributed by atoms with Crippen LogP contribution in [0.5, 0.6) is 17.2 Å². The summed E-state index contributed by atoms with van der Waals surface area (Å²) in [5.74, 6) is 2.34. The molecule has 0 spiro atoms. The lowest BCUT2D eigenvalue weighted by Gasteiger charge is -2.32. The predicted octanol–water partition coefficient (Wildman–Crippen LogP) is 3.05. The van der Waals surface area contributed by atoms with E-state index in [0.717, 1.165) is 29.7 Å². The Balaban J connectivity index is 1.94. The fourth-order valence-electron chi connectivity index (χ4n) is 3.79. The van der Waals surface area contributed by atoms with Crippen LogP contribution >= 0.6 is 11.8 Å². The van der Waals surface area contributed by atoms with Crippen molar-refractivity contribution in [3.8, 4) is 17.2 Å². The third-order valence-corrected chi connectivity index (χ3v) is 5.57. The number of allylic oxidation sites excluding steroid dienone is 2. The van der Waals surface area contributed by atoms with Gasteiger partial charge in [0.15, 0.2) is 17.3 Å². The molecule has 0 saturated carbocycles. The van der Waals surface area contributed by atoms with Gasteiger partial charge in [0.25, 0.3) is 0 Å². The molecular weight excluding hydrogens is 380 g/mol. The molecule has 4 rings (SSSR count). The SMILES string of the molecule is COc1cc([C@H]2C3=C(CCCC3=O)Nc3nc(SC)nn32)cc(OC)c1OC. The number of carbonyl (C=O) groups is 1. The fraction of sp³-hybridized carbons (Fsp3) is 0.421. The lowest BCUT2D eigenvalue weighted by atomic mass is 9.85. The number of carbonyl (C=O) groups excluding carboxylic acids is 1. The molecule has 1 atom stereocenters. The van der Waals surface area contributed by atoms with Crippen molar-refractivity contribution in [3.05, 3.63) is 29.0 Å². The van der Waals surface area contributed by atoms with Crippen molar-refractivity contribution in [2.24, 2.45) is 0 Å². The first-order valence-corrected chi connectivity index (χ1v) is 10.2. The second-order valence-corrected chi connectivity index (χ2v) is 7.30. The average molecular weight is 402 g/mol.